The van der Waals surface area contributed by atoms with Gasteiger partial charge in [0.2, 0.25) is 0 Å². The van der Waals surface area contributed by atoms with Crippen molar-refractivity contribution in [1.82, 2.24) is 9.97 Å². The predicted octanol–water partition coefficient (Wildman–Crippen LogP) is 4.50. The van der Waals surface area contributed by atoms with Crippen LogP contribution in [0.15, 0.2) is 42.5 Å². The van der Waals surface area contributed by atoms with Gasteiger partial charge in [-0.1, -0.05) is 11.6 Å². The van der Waals surface area contributed by atoms with Gasteiger partial charge in [-0.25, -0.2) is 9.37 Å². The molecule has 5 heteroatoms. The second kappa shape index (κ2) is 5.13. The Morgan fingerprint density at radius 2 is 1.95 bits per heavy atom. The molecule has 1 unspecified atom stereocenters. The van der Waals surface area contributed by atoms with Crippen LogP contribution in [0.1, 0.15) is 18.9 Å². The first-order valence-corrected chi connectivity index (χ1v) is 6.57. The summed E-state index contributed by atoms with van der Waals surface area (Å²) in [6, 6.07) is 11.4. The molecule has 0 amide bonds. The number of rotatable bonds is 3. The fourth-order valence-corrected chi connectivity index (χ4v) is 2.14. The van der Waals surface area contributed by atoms with E-state index in [0.29, 0.717) is 16.6 Å². The summed E-state index contributed by atoms with van der Waals surface area (Å²) < 4.78 is 18.6. The zero-order valence-corrected chi connectivity index (χ0v) is 11.5. The molecule has 0 aliphatic carbocycles. The summed E-state index contributed by atoms with van der Waals surface area (Å²) in [5.74, 6) is 1.01. The van der Waals surface area contributed by atoms with E-state index in [1.807, 2.05) is 19.1 Å². The lowest BCUT2D eigenvalue weighted by molar-refractivity contribution is 0.217. The number of H-pyrrole nitrogens is 1. The van der Waals surface area contributed by atoms with Crippen molar-refractivity contribution in [1.29, 1.82) is 0 Å². The Hall–Kier alpha value is -2.07. The van der Waals surface area contributed by atoms with E-state index < -0.39 is 0 Å². The van der Waals surface area contributed by atoms with Gasteiger partial charge < -0.3 is 9.72 Å². The van der Waals surface area contributed by atoms with Crippen molar-refractivity contribution >= 4 is 22.6 Å². The number of fused-ring (bicyclic) bond motifs is 1. The van der Waals surface area contributed by atoms with Crippen LogP contribution in [0.3, 0.4) is 0 Å². The lowest BCUT2D eigenvalue weighted by Gasteiger charge is -2.12. The number of benzene rings is 2. The van der Waals surface area contributed by atoms with Crippen LogP contribution in [0.4, 0.5) is 4.39 Å². The van der Waals surface area contributed by atoms with Crippen LogP contribution in [0.2, 0.25) is 5.02 Å². The molecule has 1 N–H and O–H groups in total. The predicted molar refractivity (Wildman–Crippen MR) is 76.5 cm³/mol. The summed E-state index contributed by atoms with van der Waals surface area (Å²) in [5.41, 5.74) is 1.70. The molecule has 3 aromatic rings. The summed E-state index contributed by atoms with van der Waals surface area (Å²) in [4.78, 5) is 7.63. The van der Waals surface area contributed by atoms with E-state index in [1.165, 1.54) is 12.1 Å². The number of aromatic nitrogens is 2. The third kappa shape index (κ3) is 2.60. The lowest BCUT2D eigenvalue weighted by atomic mass is 10.3. The van der Waals surface area contributed by atoms with E-state index in [9.17, 15) is 4.39 Å². The average molecular weight is 291 g/mol. The van der Waals surface area contributed by atoms with Crippen molar-refractivity contribution in [3.05, 3.63) is 59.1 Å². The summed E-state index contributed by atoms with van der Waals surface area (Å²) in [7, 11) is 0. The van der Waals surface area contributed by atoms with E-state index >= 15 is 0 Å². The normalized spacial score (nSPS) is 12.6. The number of hydrogen-bond donors (Lipinski definition) is 1. The number of aromatic amines is 1. The Kier molecular flexibility index (Phi) is 3.32. The van der Waals surface area contributed by atoms with Crippen LogP contribution < -0.4 is 4.74 Å². The van der Waals surface area contributed by atoms with Crippen LogP contribution >= 0.6 is 11.6 Å². The first kappa shape index (κ1) is 12.9. The van der Waals surface area contributed by atoms with Gasteiger partial charge in [-0.2, -0.15) is 0 Å². The van der Waals surface area contributed by atoms with Gasteiger partial charge in [0.15, 0.2) is 6.10 Å². The Bertz CT molecular complexity index is 739. The topological polar surface area (TPSA) is 37.9 Å². The van der Waals surface area contributed by atoms with E-state index in [0.717, 1.165) is 11.0 Å². The highest BCUT2D eigenvalue weighted by atomic mass is 35.5. The minimum atomic E-state index is -0.289. The van der Waals surface area contributed by atoms with Crippen molar-refractivity contribution in [2.75, 3.05) is 0 Å². The summed E-state index contributed by atoms with van der Waals surface area (Å²) in [6.07, 6.45) is -0.272. The number of hydrogen-bond acceptors (Lipinski definition) is 2. The maximum atomic E-state index is 12.8. The molecule has 1 aromatic heterocycles. The molecule has 2 aromatic carbocycles. The van der Waals surface area contributed by atoms with Crippen molar-refractivity contribution < 1.29 is 9.13 Å². The number of nitrogens with zero attached hydrogens (tertiary/aromatic N) is 1. The standard InChI is InChI=1S/C15H12ClFN2O/c1-9(20-12-5-3-11(17)4-6-12)15-18-13-7-2-10(16)8-14(13)19-15/h2-9H,1H3,(H,18,19). The maximum absolute atomic E-state index is 12.8. The fourth-order valence-electron chi connectivity index (χ4n) is 1.97. The minimum Gasteiger partial charge on any atom is -0.483 e. The van der Waals surface area contributed by atoms with E-state index in [2.05, 4.69) is 9.97 Å². The van der Waals surface area contributed by atoms with Gasteiger partial charge >= 0.3 is 0 Å². The number of halogens is 2. The Balaban J connectivity index is 1.84. The van der Waals surface area contributed by atoms with Crippen molar-refractivity contribution in [2.24, 2.45) is 0 Å². The largest absolute Gasteiger partial charge is 0.483 e. The molecule has 0 bridgehead atoms. The first-order valence-electron chi connectivity index (χ1n) is 6.19. The number of imidazole rings is 1. The molecule has 1 heterocycles. The van der Waals surface area contributed by atoms with Gasteiger partial charge in [-0.15, -0.1) is 0 Å². The Morgan fingerprint density at radius 1 is 1.20 bits per heavy atom. The molecule has 0 saturated carbocycles. The van der Waals surface area contributed by atoms with Gasteiger partial charge in [0.05, 0.1) is 11.0 Å². The minimum absolute atomic E-state index is 0.272. The van der Waals surface area contributed by atoms with Crippen LogP contribution in [-0.2, 0) is 0 Å². The Morgan fingerprint density at radius 3 is 2.70 bits per heavy atom. The van der Waals surface area contributed by atoms with Crippen molar-refractivity contribution in [3.63, 3.8) is 0 Å². The molecule has 0 aliphatic heterocycles. The maximum Gasteiger partial charge on any atom is 0.153 e. The second-order valence-electron chi connectivity index (χ2n) is 4.50. The van der Waals surface area contributed by atoms with Crippen LogP contribution in [0.25, 0.3) is 11.0 Å². The number of ether oxygens (including phenoxy) is 1. The first-order chi connectivity index (χ1) is 9.61. The highest BCUT2D eigenvalue weighted by molar-refractivity contribution is 6.31. The van der Waals surface area contributed by atoms with Gasteiger partial charge in [-0.3, -0.25) is 0 Å². The monoisotopic (exact) mass is 290 g/mol. The molecule has 0 aliphatic rings. The lowest BCUT2D eigenvalue weighted by Crippen LogP contribution is -2.04. The molecule has 0 spiro atoms. The van der Waals surface area contributed by atoms with Crippen LogP contribution in [-0.4, -0.2) is 9.97 Å². The van der Waals surface area contributed by atoms with Crippen molar-refractivity contribution in [3.8, 4) is 5.75 Å². The fraction of sp³-hybridized carbons (Fsp3) is 0.133. The van der Waals surface area contributed by atoms with Gasteiger partial charge in [0.1, 0.15) is 17.4 Å². The highest BCUT2D eigenvalue weighted by Gasteiger charge is 2.12. The molecule has 0 fully saturated rings. The highest BCUT2D eigenvalue weighted by Crippen LogP contribution is 2.23. The molecule has 1 atom stereocenters. The third-order valence-corrected chi connectivity index (χ3v) is 3.21. The quantitative estimate of drug-likeness (QED) is 0.771. The molecule has 0 radical (unpaired) electrons. The average Bonchev–Trinajstić information content (AvgIpc) is 2.84. The summed E-state index contributed by atoms with van der Waals surface area (Å²) >= 11 is 5.94. The van der Waals surface area contributed by atoms with Crippen LogP contribution in [0.5, 0.6) is 5.75 Å². The third-order valence-electron chi connectivity index (χ3n) is 2.97. The van der Waals surface area contributed by atoms with Gasteiger partial charge in [-0.05, 0) is 49.4 Å². The second-order valence-corrected chi connectivity index (χ2v) is 4.93. The molecular weight excluding hydrogens is 279 g/mol. The van der Waals surface area contributed by atoms with Gasteiger partial charge in [0, 0.05) is 5.02 Å². The van der Waals surface area contributed by atoms with E-state index in [-0.39, 0.29) is 11.9 Å². The molecular formula is C15H12ClFN2O. The molecule has 3 rings (SSSR count). The zero-order chi connectivity index (χ0) is 14.1. The SMILES string of the molecule is CC(Oc1ccc(F)cc1)c1nc2ccc(Cl)cc2[nH]1. The summed E-state index contributed by atoms with van der Waals surface area (Å²) in [6.45, 7) is 1.88. The molecule has 0 saturated heterocycles. The van der Waals surface area contributed by atoms with E-state index in [1.54, 1.807) is 18.2 Å². The van der Waals surface area contributed by atoms with Gasteiger partial charge in [0.25, 0.3) is 0 Å². The zero-order valence-electron chi connectivity index (χ0n) is 10.7. The number of nitrogens with one attached hydrogen (secondary N) is 1. The van der Waals surface area contributed by atoms with Crippen molar-refractivity contribution in [2.45, 2.75) is 13.0 Å². The smallest absolute Gasteiger partial charge is 0.153 e. The molecule has 20 heavy (non-hydrogen) atoms. The Labute approximate surface area is 120 Å². The van der Waals surface area contributed by atoms with E-state index in [4.69, 9.17) is 16.3 Å². The molecule has 3 nitrogen and oxygen atoms in total. The van der Waals surface area contributed by atoms with Crippen LogP contribution in [0, 0.1) is 5.82 Å². The molecule has 102 valence electrons. The summed E-state index contributed by atoms with van der Waals surface area (Å²) in [5, 5.41) is 0.653.